The van der Waals surface area contributed by atoms with Crippen molar-refractivity contribution in [2.45, 2.75) is 6.92 Å². The van der Waals surface area contributed by atoms with Gasteiger partial charge in [-0.3, -0.25) is 0 Å². The Morgan fingerprint density at radius 3 is 1.85 bits per heavy atom. The molecule has 0 aliphatic carbocycles. The molecule has 0 spiro atoms. The quantitative estimate of drug-likeness (QED) is 0.432. The summed E-state index contributed by atoms with van der Waals surface area (Å²) in [5, 5.41) is 0. The van der Waals surface area contributed by atoms with E-state index in [-0.39, 0.29) is 0 Å². The fourth-order valence-electron chi connectivity index (χ4n) is 2.95. The van der Waals surface area contributed by atoms with Gasteiger partial charge in [0.1, 0.15) is 0 Å². The van der Waals surface area contributed by atoms with Gasteiger partial charge in [-0.05, 0) is 54.5 Å². The third-order valence-corrected chi connectivity index (χ3v) is 4.13. The van der Waals surface area contributed by atoms with Crippen LogP contribution in [-0.2, 0) is 0 Å². The summed E-state index contributed by atoms with van der Waals surface area (Å²) in [7, 11) is 0. The van der Waals surface area contributed by atoms with Crippen LogP contribution in [0.3, 0.4) is 0 Å². The van der Waals surface area contributed by atoms with Crippen LogP contribution in [0.5, 0.6) is 0 Å². The Balaban J connectivity index is 2.05. The monoisotopic (exact) mass is 337 g/mol. The summed E-state index contributed by atoms with van der Waals surface area (Å²) in [6.45, 7) is 5.90. The molecule has 0 bridgehead atoms. The molecule has 0 amide bonds. The van der Waals surface area contributed by atoms with Gasteiger partial charge < -0.3 is 4.90 Å². The topological polar surface area (TPSA) is 3.24 Å². The zero-order valence-electron chi connectivity index (χ0n) is 15.0. The highest BCUT2D eigenvalue weighted by atomic mass is 15.1. The first kappa shape index (κ1) is 17.5. The maximum absolute atomic E-state index is 3.87. The molecule has 0 radical (unpaired) electrons. The predicted octanol–water partition coefficient (Wildman–Crippen LogP) is 7.14. The second-order valence-corrected chi connectivity index (χ2v) is 5.91. The summed E-state index contributed by atoms with van der Waals surface area (Å²) in [5.41, 5.74) is 5.73. The highest BCUT2D eigenvalue weighted by Gasteiger charge is 2.12. The number of hydrogen-bond acceptors (Lipinski definition) is 1. The lowest BCUT2D eigenvalue weighted by Gasteiger charge is -2.26. The van der Waals surface area contributed by atoms with Gasteiger partial charge in [-0.2, -0.15) is 0 Å². The average Bonchev–Trinajstić information content (AvgIpc) is 2.71. The third kappa shape index (κ3) is 4.01. The van der Waals surface area contributed by atoms with Gasteiger partial charge in [0, 0.05) is 17.1 Å². The Morgan fingerprint density at radius 1 is 0.731 bits per heavy atom. The Kier molecular flexibility index (Phi) is 5.84. The molecular formula is C25H23N. The van der Waals surface area contributed by atoms with Crippen molar-refractivity contribution < 1.29 is 0 Å². The van der Waals surface area contributed by atoms with Crippen molar-refractivity contribution in [2.75, 3.05) is 4.90 Å². The molecule has 0 heterocycles. The van der Waals surface area contributed by atoms with Crippen LogP contribution in [0.25, 0.3) is 11.1 Å². The number of hydrogen-bond donors (Lipinski definition) is 0. The van der Waals surface area contributed by atoms with E-state index >= 15 is 0 Å². The van der Waals surface area contributed by atoms with E-state index in [1.54, 1.807) is 0 Å². The number of benzene rings is 3. The van der Waals surface area contributed by atoms with Crippen molar-refractivity contribution in [3.63, 3.8) is 0 Å². The normalized spacial score (nSPS) is 11.5. The van der Waals surface area contributed by atoms with Gasteiger partial charge in [0.25, 0.3) is 0 Å². The second-order valence-electron chi connectivity index (χ2n) is 5.91. The maximum Gasteiger partial charge on any atom is 0.0462 e. The molecule has 0 N–H and O–H groups in total. The van der Waals surface area contributed by atoms with Crippen molar-refractivity contribution in [3.8, 4) is 11.1 Å². The zero-order valence-corrected chi connectivity index (χ0v) is 15.0. The minimum absolute atomic E-state index is 1.07. The zero-order chi connectivity index (χ0) is 18.2. The van der Waals surface area contributed by atoms with Crippen molar-refractivity contribution in [1.29, 1.82) is 0 Å². The number of anilines is 2. The first-order chi connectivity index (χ1) is 12.8. The van der Waals surface area contributed by atoms with Crippen LogP contribution in [0, 0.1) is 0 Å². The molecule has 3 rings (SSSR count). The molecule has 0 atom stereocenters. The average molecular weight is 337 g/mol. The standard InChI is InChI=1S/C25H23N/c1-3-11-23(12-4-2)26(24-15-9-6-10-16-24)25-19-17-22(18-20-25)21-13-7-5-8-14-21/h3-20H,1H2,2H3. The van der Waals surface area contributed by atoms with Crippen LogP contribution in [0.15, 0.2) is 122 Å². The Labute approximate surface area is 156 Å². The van der Waals surface area contributed by atoms with Gasteiger partial charge in [0.2, 0.25) is 0 Å². The minimum Gasteiger partial charge on any atom is -0.311 e. The molecule has 0 aromatic heterocycles. The highest BCUT2D eigenvalue weighted by Crippen LogP contribution is 2.32. The molecule has 0 saturated heterocycles. The Hall–Kier alpha value is -3.32. The first-order valence-corrected chi connectivity index (χ1v) is 8.79. The number of rotatable bonds is 6. The molecule has 1 nitrogen and oxygen atoms in total. The van der Waals surface area contributed by atoms with Crippen molar-refractivity contribution in [3.05, 3.63) is 122 Å². The van der Waals surface area contributed by atoms with Crippen LogP contribution < -0.4 is 4.90 Å². The van der Waals surface area contributed by atoms with Gasteiger partial charge in [-0.25, -0.2) is 0 Å². The number of nitrogens with zero attached hydrogens (tertiary/aromatic N) is 1. The second kappa shape index (κ2) is 8.68. The maximum atomic E-state index is 3.87. The number of allylic oxidation sites excluding steroid dienone is 4. The fraction of sp³-hybridized carbons (Fsp3) is 0.0400. The van der Waals surface area contributed by atoms with E-state index in [1.807, 2.05) is 37.3 Å². The Bertz CT molecular complexity index is 888. The lowest BCUT2D eigenvalue weighted by molar-refractivity contribution is 1.21. The van der Waals surface area contributed by atoms with E-state index in [0.717, 1.165) is 17.1 Å². The van der Waals surface area contributed by atoms with Gasteiger partial charge in [0.05, 0.1) is 0 Å². The lowest BCUT2D eigenvalue weighted by atomic mass is 10.0. The summed E-state index contributed by atoms with van der Waals surface area (Å²) >= 11 is 0. The lowest BCUT2D eigenvalue weighted by Crippen LogP contribution is -2.14. The van der Waals surface area contributed by atoms with Crippen molar-refractivity contribution in [2.24, 2.45) is 0 Å². The largest absolute Gasteiger partial charge is 0.311 e. The number of para-hydroxylation sites is 1. The van der Waals surface area contributed by atoms with Crippen molar-refractivity contribution >= 4 is 11.4 Å². The van der Waals surface area contributed by atoms with Gasteiger partial charge in [-0.1, -0.05) is 79.4 Å². The molecule has 0 aliphatic rings. The van der Waals surface area contributed by atoms with Crippen LogP contribution in [0.4, 0.5) is 11.4 Å². The molecule has 0 aliphatic heterocycles. The van der Waals surface area contributed by atoms with Crippen LogP contribution in [-0.4, -0.2) is 0 Å². The van der Waals surface area contributed by atoms with Gasteiger partial charge in [-0.15, -0.1) is 0 Å². The summed E-state index contributed by atoms with van der Waals surface area (Å²) in [6.07, 6.45) is 7.99. The van der Waals surface area contributed by atoms with Crippen LogP contribution in [0.2, 0.25) is 0 Å². The Morgan fingerprint density at radius 2 is 1.27 bits per heavy atom. The molecular weight excluding hydrogens is 314 g/mol. The van der Waals surface area contributed by atoms with E-state index < -0.39 is 0 Å². The minimum atomic E-state index is 1.07. The van der Waals surface area contributed by atoms with Crippen LogP contribution in [0.1, 0.15) is 6.92 Å². The van der Waals surface area contributed by atoms with E-state index in [4.69, 9.17) is 0 Å². The van der Waals surface area contributed by atoms with E-state index in [9.17, 15) is 0 Å². The molecule has 1 heteroatoms. The molecule has 26 heavy (non-hydrogen) atoms. The van der Waals surface area contributed by atoms with Gasteiger partial charge in [0.15, 0.2) is 0 Å². The highest BCUT2D eigenvalue weighted by molar-refractivity contribution is 5.73. The van der Waals surface area contributed by atoms with E-state index in [2.05, 4.69) is 90.4 Å². The van der Waals surface area contributed by atoms with E-state index in [0.29, 0.717) is 0 Å². The fourth-order valence-corrected chi connectivity index (χ4v) is 2.95. The molecule has 3 aromatic rings. The predicted molar refractivity (Wildman–Crippen MR) is 114 cm³/mol. The molecule has 0 saturated carbocycles. The summed E-state index contributed by atoms with van der Waals surface area (Å²) in [4.78, 5) is 2.23. The van der Waals surface area contributed by atoms with E-state index in [1.165, 1.54) is 11.1 Å². The van der Waals surface area contributed by atoms with Gasteiger partial charge >= 0.3 is 0 Å². The molecule has 0 fully saturated rings. The molecule has 3 aromatic carbocycles. The summed E-state index contributed by atoms with van der Waals surface area (Å²) in [6, 6.07) is 29.5. The summed E-state index contributed by atoms with van der Waals surface area (Å²) in [5.74, 6) is 0. The van der Waals surface area contributed by atoms with Crippen molar-refractivity contribution in [1.82, 2.24) is 0 Å². The molecule has 0 unspecified atom stereocenters. The molecule has 128 valence electrons. The first-order valence-electron chi connectivity index (χ1n) is 8.79. The SMILES string of the molecule is C=CC=C(C=CC)N(c1ccccc1)c1ccc(-c2ccccc2)cc1. The smallest absolute Gasteiger partial charge is 0.0462 e. The third-order valence-electron chi connectivity index (χ3n) is 4.13. The summed E-state index contributed by atoms with van der Waals surface area (Å²) < 4.78 is 0. The van der Waals surface area contributed by atoms with Crippen LogP contribution >= 0.6 is 0 Å².